The minimum absolute atomic E-state index is 0. The van der Waals surface area contributed by atoms with Crippen LogP contribution in [0.25, 0.3) is 5.57 Å². The van der Waals surface area contributed by atoms with Gasteiger partial charge in [0.15, 0.2) is 0 Å². The smallest absolute Gasteiger partial charge is 1.00 e. The van der Waals surface area contributed by atoms with Gasteiger partial charge >= 0.3 is 239 Å². The van der Waals surface area contributed by atoms with Crippen molar-refractivity contribution >= 4 is 9.38 Å². The van der Waals surface area contributed by atoms with Crippen LogP contribution in [0.4, 0.5) is 0 Å². The van der Waals surface area contributed by atoms with Crippen molar-refractivity contribution in [3.63, 3.8) is 0 Å². The number of fused-ring (bicyclic) bond motifs is 6. The summed E-state index contributed by atoms with van der Waals surface area (Å²) in [5, 5.41) is 0. The monoisotopic (exact) mass is 610 g/mol. The van der Waals surface area contributed by atoms with Gasteiger partial charge in [-0.2, -0.15) is 0 Å². The molecular weight excluding hydrogens is 563 g/mol. The normalized spacial score (nSPS) is 31.5. The topological polar surface area (TPSA) is 0 Å². The van der Waals surface area contributed by atoms with Gasteiger partial charge in [-0.3, -0.25) is 0 Å². The van der Waals surface area contributed by atoms with Crippen molar-refractivity contribution in [2.75, 3.05) is 0 Å². The van der Waals surface area contributed by atoms with Crippen molar-refractivity contribution in [1.29, 1.82) is 0 Å². The summed E-state index contributed by atoms with van der Waals surface area (Å²) in [6, 6.07) is 9.36. The number of benzene rings is 1. The van der Waals surface area contributed by atoms with E-state index in [2.05, 4.69) is 124 Å². The fourth-order valence-electron chi connectivity index (χ4n) is 10.1. The standard InChI is InChI=1S/C29H37.C5H5.C3H6.2ClH.Ti/c1-18-25-22-17-19-13-9-10-14-20(19)24(22)21-15-11-12-16-23(21)29(25,8)28(6,7)27(4,5)26(18,2)3;1-2-4-5-3-1;1-3-2;;;/h9-11,13-15,23H,12,16-17H2,1-8H3;1-3H,4H2;1-2H3;2*1H;/q;;;;;+2/p-2. The first-order valence-electron chi connectivity index (χ1n) is 15.0. The minimum atomic E-state index is -1.93. The SMILES string of the molecule is C[C](C)=[Ti+2]([C]1=CC=CC1)[C]1(C)C2=C3Cc4ccccc4C3=C3C=CCCC3C2(C)C(C)(C)C(C)(C)C1(C)C.[Cl-].[Cl-]. The van der Waals surface area contributed by atoms with Gasteiger partial charge in [0.2, 0.25) is 0 Å². The molecule has 1 aromatic carbocycles. The van der Waals surface area contributed by atoms with Gasteiger partial charge in [-0.25, -0.2) is 0 Å². The summed E-state index contributed by atoms with van der Waals surface area (Å²) in [5.74, 6) is 0.574. The average molecular weight is 612 g/mol. The van der Waals surface area contributed by atoms with E-state index in [1.54, 1.807) is 30.0 Å². The van der Waals surface area contributed by atoms with Crippen molar-refractivity contribution < 1.29 is 42.2 Å². The molecule has 5 aliphatic carbocycles. The molecule has 3 unspecified atom stereocenters. The third-order valence-electron chi connectivity index (χ3n) is 13.3. The maximum Gasteiger partial charge on any atom is -1.00 e. The molecule has 0 amide bonds. The molecule has 0 radical (unpaired) electrons. The number of halogens is 2. The Morgan fingerprint density at radius 3 is 2.15 bits per heavy atom. The summed E-state index contributed by atoms with van der Waals surface area (Å²) >= 11 is -1.93. The van der Waals surface area contributed by atoms with Crippen LogP contribution in [0.3, 0.4) is 0 Å². The Morgan fingerprint density at radius 1 is 0.850 bits per heavy atom. The molecule has 0 bridgehead atoms. The maximum atomic E-state index is 2.77. The van der Waals surface area contributed by atoms with E-state index in [4.69, 9.17) is 0 Å². The molecule has 0 spiro atoms. The Hall–Kier alpha value is -0.916. The molecule has 40 heavy (non-hydrogen) atoms. The van der Waals surface area contributed by atoms with Gasteiger partial charge in [0, 0.05) is 0 Å². The number of allylic oxidation sites excluding steroid dienone is 10. The zero-order valence-electron chi connectivity index (χ0n) is 26.4. The van der Waals surface area contributed by atoms with Gasteiger partial charge in [0.05, 0.1) is 0 Å². The van der Waals surface area contributed by atoms with Crippen LogP contribution in [0.15, 0.2) is 75.2 Å². The van der Waals surface area contributed by atoms with Crippen molar-refractivity contribution in [3.05, 3.63) is 86.4 Å². The van der Waals surface area contributed by atoms with E-state index >= 15 is 0 Å². The van der Waals surface area contributed by atoms with E-state index in [1.165, 1.54) is 18.4 Å². The van der Waals surface area contributed by atoms with Gasteiger partial charge in [-0.15, -0.1) is 0 Å². The fraction of sp³-hybridized carbons (Fsp3) is 0.541. The predicted octanol–water partition coefficient (Wildman–Crippen LogP) is 4.23. The molecule has 0 aliphatic heterocycles. The average Bonchev–Trinajstić information content (AvgIpc) is 3.51. The van der Waals surface area contributed by atoms with Gasteiger partial charge in [0.25, 0.3) is 0 Å². The van der Waals surface area contributed by atoms with Gasteiger partial charge < -0.3 is 24.8 Å². The molecule has 0 saturated heterocycles. The second-order valence-electron chi connectivity index (χ2n) is 15.0. The van der Waals surface area contributed by atoms with E-state index in [9.17, 15) is 0 Å². The third kappa shape index (κ3) is 3.58. The molecule has 5 aliphatic rings. The first-order valence-corrected chi connectivity index (χ1v) is 17.4. The van der Waals surface area contributed by atoms with Crippen LogP contribution in [0.5, 0.6) is 0 Å². The van der Waals surface area contributed by atoms with Crippen LogP contribution in [0.2, 0.25) is 3.72 Å². The summed E-state index contributed by atoms with van der Waals surface area (Å²) < 4.78 is 3.67. The molecule has 3 atom stereocenters. The zero-order valence-corrected chi connectivity index (χ0v) is 29.4. The predicted molar refractivity (Wildman–Crippen MR) is 162 cm³/mol. The molecule has 1 aromatic rings. The van der Waals surface area contributed by atoms with Crippen molar-refractivity contribution in [1.82, 2.24) is 0 Å². The van der Waals surface area contributed by atoms with Crippen LogP contribution >= 0.6 is 0 Å². The van der Waals surface area contributed by atoms with E-state index in [0.29, 0.717) is 5.92 Å². The van der Waals surface area contributed by atoms with Crippen molar-refractivity contribution in [3.8, 4) is 0 Å². The first kappa shape index (κ1) is 32.0. The molecule has 3 heteroatoms. The van der Waals surface area contributed by atoms with Gasteiger partial charge in [-0.1, -0.05) is 0 Å². The fourth-order valence-corrected chi connectivity index (χ4v) is 17.1. The molecule has 214 valence electrons. The van der Waals surface area contributed by atoms with E-state index in [1.807, 2.05) is 5.57 Å². The Morgan fingerprint density at radius 2 is 1.52 bits per heavy atom. The summed E-state index contributed by atoms with van der Waals surface area (Å²) in [7, 11) is 0. The number of rotatable bonds is 2. The summed E-state index contributed by atoms with van der Waals surface area (Å²) in [4.78, 5) is 0. The van der Waals surface area contributed by atoms with E-state index in [-0.39, 0.29) is 50.2 Å². The quantitative estimate of drug-likeness (QED) is 0.440. The van der Waals surface area contributed by atoms with Crippen LogP contribution in [-0.2, 0) is 23.8 Å². The van der Waals surface area contributed by atoms with Crippen molar-refractivity contribution in [2.45, 2.75) is 98.6 Å². The number of hydrogen-bond donors (Lipinski definition) is 0. The molecule has 0 heterocycles. The van der Waals surface area contributed by atoms with Gasteiger partial charge in [-0.05, 0) is 0 Å². The molecule has 0 nitrogen and oxygen atoms in total. The molecule has 0 N–H and O–H groups in total. The second-order valence-corrected chi connectivity index (χ2v) is 20.2. The molecule has 1 saturated carbocycles. The largest absolute Gasteiger partial charge is 1.00 e. The van der Waals surface area contributed by atoms with E-state index < -0.39 is 17.4 Å². The van der Waals surface area contributed by atoms with Crippen LogP contribution < -0.4 is 24.8 Å². The van der Waals surface area contributed by atoms with Crippen molar-refractivity contribution in [2.24, 2.45) is 27.6 Å². The number of hydrogen-bond acceptors (Lipinski definition) is 0. The Labute approximate surface area is 262 Å². The maximum absolute atomic E-state index is 2.77. The Kier molecular flexibility index (Phi) is 8.07. The molecule has 0 aromatic heterocycles. The molecular formula is C37H48Cl2Ti. The molecule has 1 fully saturated rings. The Balaban J connectivity index is 0.00000185. The van der Waals surface area contributed by atoms with Crippen LogP contribution in [0.1, 0.15) is 99.6 Å². The van der Waals surface area contributed by atoms with Crippen LogP contribution in [0, 0.1) is 27.6 Å². The van der Waals surface area contributed by atoms with Gasteiger partial charge in [0.1, 0.15) is 0 Å². The summed E-state index contributed by atoms with van der Waals surface area (Å²) in [6.45, 7) is 26.4. The summed E-state index contributed by atoms with van der Waals surface area (Å²) in [5.41, 5.74) is 10.5. The van der Waals surface area contributed by atoms with E-state index in [0.717, 1.165) is 12.8 Å². The van der Waals surface area contributed by atoms with Crippen LogP contribution in [-0.4, -0.2) is 3.81 Å². The third-order valence-corrected chi connectivity index (χ3v) is 19.4. The zero-order chi connectivity index (χ0) is 27.5. The molecule has 6 rings (SSSR count). The summed E-state index contributed by atoms with van der Waals surface area (Å²) in [6.07, 6.45) is 17.0. The first-order chi connectivity index (χ1) is 17.7. The Bertz CT molecular complexity index is 1440. The minimum Gasteiger partial charge on any atom is -1.00 e. The second kappa shape index (κ2) is 10.1.